The summed E-state index contributed by atoms with van der Waals surface area (Å²) in [5, 5.41) is 0. The van der Waals surface area contributed by atoms with Crippen LogP contribution in [0.4, 0.5) is 0 Å². The molecule has 1 aliphatic rings. The van der Waals surface area contributed by atoms with Gasteiger partial charge in [0.2, 0.25) is 10.0 Å². The molecule has 0 radical (unpaired) electrons. The molecule has 0 amide bonds. The Bertz CT molecular complexity index is 546. The average molecular weight is 335 g/mol. The van der Waals surface area contributed by atoms with Gasteiger partial charge in [-0.05, 0) is 23.6 Å². The minimum atomic E-state index is -3.45. The predicted molar refractivity (Wildman–Crippen MR) is 85.3 cm³/mol. The lowest BCUT2D eigenvalue weighted by Gasteiger charge is -2.31. The maximum Gasteiger partial charge on any atom is 0.243 e. The smallest absolute Gasteiger partial charge is 0.243 e. The highest BCUT2D eigenvalue weighted by Crippen LogP contribution is 2.21. The number of ether oxygens (including phenoxy) is 1. The third-order valence-corrected chi connectivity index (χ3v) is 5.43. The second kappa shape index (κ2) is 7.56. The second-order valence-electron chi connectivity index (χ2n) is 5.32. The van der Waals surface area contributed by atoms with Gasteiger partial charge in [-0.25, -0.2) is 8.42 Å². The quantitative estimate of drug-likeness (QED) is 0.907. The lowest BCUT2D eigenvalue weighted by molar-refractivity contribution is 0.00450. The van der Waals surface area contributed by atoms with E-state index >= 15 is 0 Å². The van der Waals surface area contributed by atoms with Crippen molar-refractivity contribution in [2.24, 2.45) is 5.73 Å². The highest BCUT2D eigenvalue weighted by Gasteiger charge is 2.30. The second-order valence-corrected chi connectivity index (χ2v) is 7.25. The van der Waals surface area contributed by atoms with E-state index < -0.39 is 10.0 Å². The molecular weight excluding hydrogens is 312 g/mol. The van der Waals surface area contributed by atoms with E-state index in [4.69, 9.17) is 10.5 Å². The third-order valence-electron chi connectivity index (χ3n) is 3.55. The maximum absolute atomic E-state index is 12.6. The Labute approximate surface area is 132 Å². The van der Waals surface area contributed by atoms with Gasteiger partial charge in [0.25, 0.3) is 0 Å². The van der Waals surface area contributed by atoms with Gasteiger partial charge < -0.3 is 10.5 Å². The zero-order valence-corrected chi connectivity index (χ0v) is 14.0. The van der Waals surface area contributed by atoms with Crippen LogP contribution in [0.25, 0.3) is 0 Å². The lowest BCUT2D eigenvalue weighted by Crippen LogP contribution is -2.48. The van der Waals surface area contributed by atoms with E-state index in [9.17, 15) is 8.42 Å². The average Bonchev–Trinajstić information content (AvgIpc) is 2.47. The van der Waals surface area contributed by atoms with Crippen LogP contribution in [0.1, 0.15) is 25.3 Å². The first-order chi connectivity index (χ1) is 9.45. The molecule has 0 bridgehead atoms. The Kier molecular flexibility index (Phi) is 6.62. The number of morpholine rings is 1. The first kappa shape index (κ1) is 18.4. The number of nitrogens with two attached hydrogens (primary N) is 1. The Balaban J connectivity index is 0.00000220. The van der Waals surface area contributed by atoms with E-state index in [-0.39, 0.29) is 18.5 Å². The van der Waals surface area contributed by atoms with Gasteiger partial charge in [0.05, 0.1) is 17.6 Å². The zero-order valence-electron chi connectivity index (χ0n) is 12.4. The largest absolute Gasteiger partial charge is 0.374 e. The number of halogens is 1. The molecule has 0 aromatic heterocycles. The lowest BCUT2D eigenvalue weighted by atomic mass is 10.0. The Morgan fingerprint density at radius 1 is 1.33 bits per heavy atom. The van der Waals surface area contributed by atoms with Gasteiger partial charge in [0, 0.05) is 19.6 Å². The summed E-state index contributed by atoms with van der Waals surface area (Å²) in [6.45, 7) is 5.59. The molecule has 1 aliphatic heterocycles. The number of nitrogens with zero attached hydrogens (tertiary/aromatic N) is 1. The monoisotopic (exact) mass is 334 g/mol. The van der Waals surface area contributed by atoms with Crippen molar-refractivity contribution in [1.29, 1.82) is 0 Å². The van der Waals surface area contributed by atoms with Crippen molar-refractivity contribution in [1.82, 2.24) is 4.31 Å². The van der Waals surface area contributed by atoms with Crippen LogP contribution in [0.2, 0.25) is 0 Å². The fourth-order valence-corrected chi connectivity index (χ4v) is 3.68. The van der Waals surface area contributed by atoms with E-state index in [0.717, 1.165) is 5.56 Å². The molecule has 21 heavy (non-hydrogen) atoms. The first-order valence-electron chi connectivity index (χ1n) is 6.87. The maximum atomic E-state index is 12.6. The molecule has 1 aromatic carbocycles. The van der Waals surface area contributed by atoms with Crippen molar-refractivity contribution in [2.45, 2.75) is 30.8 Å². The minimum Gasteiger partial charge on any atom is -0.374 e. The van der Waals surface area contributed by atoms with Gasteiger partial charge in [-0.2, -0.15) is 4.31 Å². The molecule has 1 aromatic rings. The molecule has 120 valence electrons. The van der Waals surface area contributed by atoms with Gasteiger partial charge >= 0.3 is 0 Å². The van der Waals surface area contributed by atoms with Crippen LogP contribution in [0.15, 0.2) is 29.2 Å². The molecule has 7 heteroatoms. The minimum absolute atomic E-state index is 0. The van der Waals surface area contributed by atoms with E-state index in [1.54, 1.807) is 12.1 Å². The molecule has 1 unspecified atom stereocenters. The van der Waals surface area contributed by atoms with E-state index in [1.807, 2.05) is 12.1 Å². The molecule has 1 heterocycles. The van der Waals surface area contributed by atoms with Crippen LogP contribution in [-0.2, 0) is 14.8 Å². The summed E-state index contributed by atoms with van der Waals surface area (Å²) < 4.78 is 32.0. The van der Waals surface area contributed by atoms with E-state index in [2.05, 4.69) is 13.8 Å². The standard InChI is InChI=1S/C14H22N2O3S.ClH/c1-11(2)12-3-5-14(6-4-12)20(17,18)16-7-8-19-13(9-15)10-16;/h3-6,11,13H,7-10,15H2,1-2H3;1H. The van der Waals surface area contributed by atoms with Crippen molar-refractivity contribution in [2.75, 3.05) is 26.2 Å². The SMILES string of the molecule is CC(C)c1ccc(S(=O)(=O)N2CCOC(CN)C2)cc1.Cl. The van der Waals surface area contributed by atoms with Gasteiger partial charge in [0.15, 0.2) is 0 Å². The molecule has 1 fully saturated rings. The fraction of sp³-hybridized carbons (Fsp3) is 0.571. The van der Waals surface area contributed by atoms with Crippen LogP contribution in [0.5, 0.6) is 0 Å². The summed E-state index contributed by atoms with van der Waals surface area (Å²) in [4.78, 5) is 0.333. The van der Waals surface area contributed by atoms with Crippen LogP contribution >= 0.6 is 12.4 Å². The fourth-order valence-electron chi connectivity index (χ4n) is 2.23. The molecule has 0 aliphatic carbocycles. The molecule has 5 nitrogen and oxygen atoms in total. The topological polar surface area (TPSA) is 72.6 Å². The van der Waals surface area contributed by atoms with Crippen LogP contribution in [0.3, 0.4) is 0 Å². The summed E-state index contributed by atoms with van der Waals surface area (Å²) in [6, 6.07) is 7.10. The molecule has 2 rings (SSSR count). The summed E-state index contributed by atoms with van der Waals surface area (Å²) in [6.07, 6.45) is -0.214. The highest BCUT2D eigenvalue weighted by molar-refractivity contribution is 7.89. The summed E-state index contributed by atoms with van der Waals surface area (Å²) in [5.74, 6) is 0.386. The van der Waals surface area contributed by atoms with Gasteiger partial charge in [-0.15, -0.1) is 12.4 Å². The number of hydrogen-bond acceptors (Lipinski definition) is 4. The van der Waals surface area contributed by atoms with Crippen LogP contribution < -0.4 is 5.73 Å². The third kappa shape index (κ3) is 4.17. The predicted octanol–water partition coefficient (Wildman–Crippen LogP) is 1.58. The number of hydrogen-bond donors (Lipinski definition) is 1. The Morgan fingerprint density at radius 3 is 2.48 bits per heavy atom. The molecular formula is C14H23ClN2O3S. The molecule has 0 saturated carbocycles. The van der Waals surface area contributed by atoms with Crippen molar-refractivity contribution < 1.29 is 13.2 Å². The van der Waals surface area contributed by atoms with Crippen molar-refractivity contribution in [3.05, 3.63) is 29.8 Å². The number of benzene rings is 1. The highest BCUT2D eigenvalue weighted by atomic mass is 35.5. The summed E-state index contributed by atoms with van der Waals surface area (Å²) in [7, 11) is -3.45. The van der Waals surface area contributed by atoms with E-state index in [0.29, 0.717) is 37.1 Å². The molecule has 1 saturated heterocycles. The molecule has 2 N–H and O–H groups in total. The van der Waals surface area contributed by atoms with Crippen LogP contribution in [-0.4, -0.2) is 45.1 Å². The molecule has 0 spiro atoms. The van der Waals surface area contributed by atoms with Crippen LogP contribution in [0, 0.1) is 0 Å². The van der Waals surface area contributed by atoms with Gasteiger partial charge in [-0.3, -0.25) is 0 Å². The molecule has 1 atom stereocenters. The zero-order chi connectivity index (χ0) is 14.8. The number of rotatable bonds is 4. The van der Waals surface area contributed by atoms with Crippen molar-refractivity contribution in [3.63, 3.8) is 0 Å². The number of sulfonamides is 1. The summed E-state index contributed by atoms with van der Waals surface area (Å²) >= 11 is 0. The normalized spacial score (nSPS) is 20.3. The Morgan fingerprint density at radius 2 is 1.95 bits per heavy atom. The van der Waals surface area contributed by atoms with E-state index in [1.165, 1.54) is 4.31 Å². The Hall–Kier alpha value is -0.660. The summed E-state index contributed by atoms with van der Waals surface area (Å²) in [5.41, 5.74) is 6.68. The van der Waals surface area contributed by atoms with Crippen molar-refractivity contribution in [3.8, 4) is 0 Å². The first-order valence-corrected chi connectivity index (χ1v) is 8.31. The van der Waals surface area contributed by atoms with Crippen molar-refractivity contribution >= 4 is 22.4 Å². The van der Waals surface area contributed by atoms with Gasteiger partial charge in [0.1, 0.15) is 0 Å². The van der Waals surface area contributed by atoms with Gasteiger partial charge in [-0.1, -0.05) is 26.0 Å².